The number of aliphatic hydroxyl groups is 3. The van der Waals surface area contributed by atoms with Crippen LogP contribution in [0.5, 0.6) is 0 Å². The lowest BCUT2D eigenvalue weighted by Crippen LogP contribution is -1.95. The summed E-state index contributed by atoms with van der Waals surface area (Å²) in [5.74, 6) is 0.863. The minimum absolute atomic E-state index is 0.178. The van der Waals surface area contributed by atoms with Gasteiger partial charge in [-0.2, -0.15) is 0 Å². The smallest absolute Gasteiger partial charge is 0.133 e. The van der Waals surface area contributed by atoms with Gasteiger partial charge in [0, 0.05) is 17.7 Å². The van der Waals surface area contributed by atoms with E-state index in [0.29, 0.717) is 24.4 Å². The fourth-order valence-corrected chi connectivity index (χ4v) is 2.76. The average molecular weight is 320 g/mol. The van der Waals surface area contributed by atoms with Crippen molar-refractivity contribution < 1.29 is 19.7 Å². The molecule has 0 unspecified atom stereocenters. The first-order valence-corrected chi connectivity index (χ1v) is 7.97. The van der Waals surface area contributed by atoms with Crippen molar-refractivity contribution in [3.05, 3.63) is 63.4 Å². The van der Waals surface area contributed by atoms with Crippen LogP contribution in [0.1, 0.15) is 48.4 Å². The molecule has 0 aliphatic rings. The minimum atomic E-state index is -0.761. The van der Waals surface area contributed by atoms with Crippen molar-refractivity contribution in [1.82, 2.24) is 0 Å². The van der Waals surface area contributed by atoms with E-state index < -0.39 is 12.2 Å². The van der Waals surface area contributed by atoms with Gasteiger partial charge in [0.2, 0.25) is 0 Å². The quantitative estimate of drug-likeness (QED) is 0.683. The topological polar surface area (TPSA) is 73.8 Å². The summed E-state index contributed by atoms with van der Waals surface area (Å²) in [7, 11) is 0. The van der Waals surface area contributed by atoms with Crippen molar-refractivity contribution in [2.45, 2.75) is 38.6 Å². The highest BCUT2D eigenvalue weighted by Gasteiger charge is 2.11. The van der Waals surface area contributed by atoms with Crippen molar-refractivity contribution in [3.8, 4) is 0 Å². The van der Waals surface area contributed by atoms with E-state index in [4.69, 9.17) is 9.52 Å². The Kier molecular flexibility index (Phi) is 6.19. The van der Waals surface area contributed by atoms with E-state index in [1.54, 1.807) is 18.2 Å². The highest BCUT2D eigenvalue weighted by molar-refractivity contribution is 7.10. The van der Waals surface area contributed by atoms with Crippen molar-refractivity contribution in [3.63, 3.8) is 0 Å². The van der Waals surface area contributed by atoms with E-state index in [1.165, 1.54) is 11.3 Å². The maximum atomic E-state index is 10.0. The molecule has 0 fully saturated rings. The van der Waals surface area contributed by atoms with Crippen LogP contribution in [-0.4, -0.2) is 15.3 Å². The Bertz CT molecular complexity index is 635. The third-order valence-corrected chi connectivity index (χ3v) is 4.20. The predicted octanol–water partition coefficient (Wildman–Crippen LogP) is 3.48. The third-order valence-electron chi connectivity index (χ3n) is 3.23. The summed E-state index contributed by atoms with van der Waals surface area (Å²) in [6, 6.07) is 7.12. The summed E-state index contributed by atoms with van der Waals surface area (Å²) < 4.78 is 5.27. The maximum Gasteiger partial charge on any atom is 0.133 e. The van der Waals surface area contributed by atoms with Gasteiger partial charge in [-0.3, -0.25) is 0 Å². The van der Waals surface area contributed by atoms with Gasteiger partial charge in [-0.15, -0.1) is 17.1 Å². The Balaban J connectivity index is 1.89. The molecule has 2 rings (SSSR count). The monoisotopic (exact) mass is 320 g/mol. The van der Waals surface area contributed by atoms with Crippen LogP contribution in [0, 0.1) is 0 Å². The number of hydrogen-bond acceptors (Lipinski definition) is 5. The first kappa shape index (κ1) is 16.7. The molecule has 4 nitrogen and oxygen atoms in total. The van der Waals surface area contributed by atoms with Crippen LogP contribution in [0.15, 0.2) is 51.4 Å². The zero-order valence-corrected chi connectivity index (χ0v) is 13.2. The highest BCUT2D eigenvalue weighted by atomic mass is 32.1. The second kappa shape index (κ2) is 8.13. The molecule has 0 radical (unpaired) electrons. The number of rotatable bonds is 7. The second-order valence-electron chi connectivity index (χ2n) is 5.08. The van der Waals surface area contributed by atoms with Gasteiger partial charge >= 0.3 is 0 Å². The number of hydrogen-bond donors (Lipinski definition) is 3. The second-order valence-corrected chi connectivity index (χ2v) is 6.06. The summed E-state index contributed by atoms with van der Waals surface area (Å²) in [5.41, 5.74) is 4.00. The predicted molar refractivity (Wildman–Crippen MR) is 85.4 cm³/mol. The van der Waals surface area contributed by atoms with Crippen molar-refractivity contribution in [2.24, 2.45) is 0 Å². The van der Waals surface area contributed by atoms with E-state index >= 15 is 0 Å². The van der Waals surface area contributed by atoms with E-state index in [-0.39, 0.29) is 6.61 Å². The molecule has 2 heterocycles. The van der Waals surface area contributed by atoms with Gasteiger partial charge in [0.15, 0.2) is 0 Å². The largest absolute Gasteiger partial charge is 0.461 e. The molecular formula is C17H20O4S. The molecule has 0 bridgehead atoms. The normalized spacial score (nSPS) is 13.5. The Labute approximate surface area is 133 Å². The van der Waals surface area contributed by atoms with Crippen LogP contribution in [-0.2, 0) is 6.61 Å². The summed E-state index contributed by atoms with van der Waals surface area (Å²) in [6.45, 7) is 1.72. The van der Waals surface area contributed by atoms with Crippen molar-refractivity contribution in [2.75, 3.05) is 0 Å². The zero-order chi connectivity index (χ0) is 15.9. The molecule has 2 aromatic heterocycles. The molecule has 0 aliphatic heterocycles. The molecule has 0 amide bonds. The van der Waals surface area contributed by atoms with Gasteiger partial charge in [-0.25, -0.2) is 0 Å². The van der Waals surface area contributed by atoms with Gasteiger partial charge in [-0.1, -0.05) is 6.07 Å². The molecule has 3 N–H and O–H groups in total. The van der Waals surface area contributed by atoms with Crippen LogP contribution >= 0.6 is 11.3 Å². The Morgan fingerprint density at radius 2 is 2.14 bits per heavy atom. The molecule has 5 heteroatoms. The molecule has 2 aromatic rings. The van der Waals surface area contributed by atoms with Crippen molar-refractivity contribution in [1.29, 1.82) is 0 Å². The van der Waals surface area contributed by atoms with Gasteiger partial charge < -0.3 is 19.7 Å². The lowest BCUT2D eigenvalue weighted by atomic mass is 10.1. The molecule has 0 aromatic carbocycles. The molecule has 118 valence electrons. The summed E-state index contributed by atoms with van der Waals surface area (Å²) in [5, 5.41) is 30.9. The fourth-order valence-electron chi connectivity index (χ4n) is 2.05. The molecule has 22 heavy (non-hydrogen) atoms. The van der Waals surface area contributed by atoms with E-state index in [9.17, 15) is 10.2 Å². The standard InChI is InChI=1S/C17H20O4S/c1-12(10-15(20)17-6-3-9-22-17)4-2-5-14(19)16-8-7-13(11-18)21-16/h2-3,6-9,14-15,18-20H,5,10-11H2,1H3/t4?,14-,15-/m1/s1. The van der Waals surface area contributed by atoms with Crippen LogP contribution in [0.25, 0.3) is 0 Å². The van der Waals surface area contributed by atoms with Crippen LogP contribution in [0.3, 0.4) is 0 Å². The zero-order valence-electron chi connectivity index (χ0n) is 12.4. The fraction of sp³-hybridized carbons (Fsp3) is 0.353. The summed E-state index contributed by atoms with van der Waals surface area (Å²) in [6.07, 6.45) is 1.35. The summed E-state index contributed by atoms with van der Waals surface area (Å²) in [4.78, 5) is 0.938. The van der Waals surface area contributed by atoms with Crippen LogP contribution in [0.2, 0.25) is 0 Å². The van der Waals surface area contributed by atoms with E-state index in [0.717, 1.165) is 10.5 Å². The number of thiophene rings is 1. The number of aliphatic hydroxyl groups excluding tert-OH is 3. The van der Waals surface area contributed by atoms with Gasteiger partial charge in [0.25, 0.3) is 0 Å². The molecule has 0 aliphatic carbocycles. The number of furan rings is 1. The van der Waals surface area contributed by atoms with Gasteiger partial charge in [-0.05, 0) is 42.2 Å². The molecule has 0 saturated carbocycles. The minimum Gasteiger partial charge on any atom is -0.461 e. The summed E-state index contributed by atoms with van der Waals surface area (Å²) >= 11 is 1.53. The third kappa shape index (κ3) is 4.70. The van der Waals surface area contributed by atoms with Crippen molar-refractivity contribution >= 4 is 11.3 Å². The maximum absolute atomic E-state index is 10.0. The lowest BCUT2D eigenvalue weighted by Gasteiger charge is -2.07. The highest BCUT2D eigenvalue weighted by Crippen LogP contribution is 2.24. The molecular weight excluding hydrogens is 300 g/mol. The lowest BCUT2D eigenvalue weighted by molar-refractivity contribution is 0.145. The Morgan fingerprint density at radius 3 is 2.77 bits per heavy atom. The Hall–Kier alpha value is -1.62. The molecule has 0 saturated heterocycles. The molecule has 2 atom stereocenters. The van der Waals surface area contributed by atoms with Crippen LogP contribution < -0.4 is 0 Å². The first-order chi connectivity index (χ1) is 10.6. The van der Waals surface area contributed by atoms with E-state index in [1.807, 2.05) is 24.4 Å². The molecule has 0 spiro atoms. The van der Waals surface area contributed by atoms with Gasteiger partial charge in [0.05, 0.1) is 6.10 Å². The first-order valence-electron chi connectivity index (χ1n) is 7.09. The van der Waals surface area contributed by atoms with Crippen LogP contribution in [0.4, 0.5) is 0 Å². The average Bonchev–Trinajstić information content (AvgIpc) is 3.18. The SMILES string of the molecule is CC(=C=CC[C@@H](O)c1ccc(CO)o1)C[C@@H](O)c1cccs1. The Morgan fingerprint density at radius 1 is 1.32 bits per heavy atom. The van der Waals surface area contributed by atoms with E-state index in [2.05, 4.69) is 5.73 Å². The van der Waals surface area contributed by atoms with Gasteiger partial charge in [0.1, 0.15) is 24.2 Å².